The number of hydrogen-bond acceptors (Lipinski definition) is 5. The van der Waals surface area contributed by atoms with E-state index in [1.807, 2.05) is 0 Å². The van der Waals surface area contributed by atoms with E-state index in [9.17, 15) is 13.2 Å². The summed E-state index contributed by atoms with van der Waals surface area (Å²) in [4.78, 5) is 0. The van der Waals surface area contributed by atoms with Crippen LogP contribution in [0.4, 0.5) is 19.0 Å². The van der Waals surface area contributed by atoms with Crippen molar-refractivity contribution in [2.75, 3.05) is 5.32 Å². The van der Waals surface area contributed by atoms with Crippen molar-refractivity contribution in [1.29, 1.82) is 0 Å². The van der Waals surface area contributed by atoms with Gasteiger partial charge in [0, 0.05) is 12.0 Å². The minimum atomic E-state index is -4.35. The molecule has 1 fully saturated rings. The first-order valence-electron chi connectivity index (χ1n) is 8.00. The second-order valence-corrected chi connectivity index (χ2v) is 6.12. The lowest BCUT2D eigenvalue weighted by atomic mass is 9.90. The molecule has 1 aliphatic carbocycles. The number of nitrogens with zero attached hydrogens (tertiary/aromatic N) is 5. The molecule has 3 aromatic rings. The molecule has 0 amide bonds. The number of halogens is 3. The second-order valence-electron chi connectivity index (χ2n) is 6.12. The van der Waals surface area contributed by atoms with Gasteiger partial charge in [-0.3, -0.25) is 0 Å². The fraction of sp³-hybridized carbons (Fsp3) is 0.375. The van der Waals surface area contributed by atoms with Crippen LogP contribution in [0, 0.1) is 0 Å². The van der Waals surface area contributed by atoms with Crippen molar-refractivity contribution in [1.82, 2.24) is 25.3 Å². The van der Waals surface area contributed by atoms with Crippen LogP contribution in [0.15, 0.2) is 36.4 Å². The Hall–Kier alpha value is -2.71. The van der Waals surface area contributed by atoms with Crippen molar-refractivity contribution >= 4 is 11.5 Å². The highest BCUT2D eigenvalue weighted by molar-refractivity contribution is 5.44. The molecule has 0 spiro atoms. The Bertz CT molecular complexity index is 891. The molecular weight excluding hydrogens is 333 g/mol. The minimum absolute atomic E-state index is 0.120. The van der Waals surface area contributed by atoms with E-state index in [4.69, 9.17) is 0 Å². The molecule has 25 heavy (non-hydrogen) atoms. The molecule has 2 heterocycles. The van der Waals surface area contributed by atoms with Crippen LogP contribution in [-0.2, 0) is 6.18 Å². The molecule has 2 unspecified atom stereocenters. The monoisotopic (exact) mass is 348 g/mol. The van der Waals surface area contributed by atoms with Gasteiger partial charge in [-0.15, -0.1) is 14.8 Å². The number of nitrogens with one attached hydrogen (secondary N) is 1. The van der Waals surface area contributed by atoms with E-state index in [-0.39, 0.29) is 12.0 Å². The zero-order valence-corrected chi connectivity index (χ0v) is 13.1. The largest absolute Gasteiger partial charge is 0.416 e. The van der Waals surface area contributed by atoms with E-state index >= 15 is 0 Å². The Morgan fingerprint density at radius 2 is 1.92 bits per heavy atom. The van der Waals surface area contributed by atoms with Crippen molar-refractivity contribution in [3.05, 3.63) is 47.5 Å². The van der Waals surface area contributed by atoms with Gasteiger partial charge in [0.2, 0.25) is 0 Å². The van der Waals surface area contributed by atoms with Gasteiger partial charge >= 0.3 is 6.18 Å². The van der Waals surface area contributed by atoms with Crippen molar-refractivity contribution < 1.29 is 13.2 Å². The number of alkyl halides is 3. The lowest BCUT2D eigenvalue weighted by molar-refractivity contribution is -0.138. The van der Waals surface area contributed by atoms with Gasteiger partial charge in [-0.25, -0.2) is 0 Å². The van der Waals surface area contributed by atoms with Gasteiger partial charge in [0.1, 0.15) is 5.82 Å². The Labute approximate surface area is 141 Å². The number of hydrogen-bond donors (Lipinski definition) is 1. The molecule has 130 valence electrons. The molecule has 0 aliphatic heterocycles. The van der Waals surface area contributed by atoms with E-state index < -0.39 is 11.7 Å². The van der Waals surface area contributed by atoms with E-state index in [0.29, 0.717) is 23.4 Å². The number of tetrazole rings is 1. The summed E-state index contributed by atoms with van der Waals surface area (Å²) in [6.45, 7) is 0. The van der Waals surface area contributed by atoms with Crippen molar-refractivity contribution in [2.24, 2.45) is 0 Å². The zero-order chi connectivity index (χ0) is 17.4. The van der Waals surface area contributed by atoms with Crippen molar-refractivity contribution in [3.63, 3.8) is 0 Å². The Balaban J connectivity index is 1.63. The van der Waals surface area contributed by atoms with Gasteiger partial charge in [-0.2, -0.15) is 13.2 Å². The van der Waals surface area contributed by atoms with Gasteiger partial charge in [0.15, 0.2) is 5.65 Å². The number of anilines is 1. The number of fused-ring (bicyclic) bond motifs is 1. The van der Waals surface area contributed by atoms with E-state index in [0.717, 1.165) is 18.9 Å². The number of rotatable bonds is 3. The van der Waals surface area contributed by atoms with Gasteiger partial charge < -0.3 is 5.32 Å². The van der Waals surface area contributed by atoms with E-state index in [1.54, 1.807) is 24.3 Å². The first kappa shape index (κ1) is 15.8. The second kappa shape index (κ2) is 5.98. The third-order valence-corrected chi connectivity index (χ3v) is 4.58. The fourth-order valence-electron chi connectivity index (χ4n) is 3.50. The molecule has 6 nitrogen and oxygen atoms in total. The van der Waals surface area contributed by atoms with Crippen LogP contribution in [0.5, 0.6) is 0 Å². The molecule has 1 aromatic carbocycles. The van der Waals surface area contributed by atoms with Crippen LogP contribution < -0.4 is 5.32 Å². The maximum absolute atomic E-state index is 13.3. The summed E-state index contributed by atoms with van der Waals surface area (Å²) in [5, 5.41) is 18.5. The topological polar surface area (TPSA) is 68.0 Å². The molecular formula is C16H15F3N6. The Morgan fingerprint density at radius 1 is 1.08 bits per heavy atom. The molecule has 0 saturated heterocycles. The molecule has 1 aliphatic rings. The Morgan fingerprint density at radius 3 is 2.76 bits per heavy atom. The first-order chi connectivity index (χ1) is 12.0. The summed E-state index contributed by atoms with van der Waals surface area (Å²) in [7, 11) is 0. The molecule has 1 N–H and O–H groups in total. The average molecular weight is 348 g/mol. The average Bonchev–Trinajstić information content (AvgIpc) is 3.22. The molecule has 0 radical (unpaired) electrons. The summed E-state index contributed by atoms with van der Waals surface area (Å²) in [6, 6.07) is 9.13. The number of aromatic nitrogens is 5. The normalized spacial score (nSPS) is 20.9. The predicted molar refractivity (Wildman–Crippen MR) is 84.0 cm³/mol. The molecule has 2 aromatic heterocycles. The lowest BCUT2D eigenvalue weighted by Gasteiger charge is -2.24. The van der Waals surface area contributed by atoms with E-state index in [2.05, 4.69) is 25.9 Å². The SMILES string of the molecule is FC(F)(F)c1ccccc1C1CCCC1Nc1ccc2nnnn2n1. The van der Waals surface area contributed by atoms with Crippen LogP contribution in [0.3, 0.4) is 0 Å². The fourth-order valence-corrected chi connectivity index (χ4v) is 3.50. The third kappa shape index (κ3) is 3.01. The highest BCUT2D eigenvalue weighted by atomic mass is 19.4. The summed E-state index contributed by atoms with van der Waals surface area (Å²) in [5.41, 5.74) is 0.294. The van der Waals surface area contributed by atoms with Crippen LogP contribution in [0.25, 0.3) is 5.65 Å². The Kier molecular flexibility index (Phi) is 3.78. The maximum atomic E-state index is 13.3. The molecule has 4 rings (SSSR count). The summed E-state index contributed by atoms with van der Waals surface area (Å²) >= 11 is 0. The predicted octanol–water partition coefficient (Wildman–Crippen LogP) is 3.29. The summed E-state index contributed by atoms with van der Waals surface area (Å²) in [6.07, 6.45) is -2.00. The minimum Gasteiger partial charge on any atom is -0.365 e. The summed E-state index contributed by atoms with van der Waals surface area (Å²) in [5.74, 6) is 0.324. The maximum Gasteiger partial charge on any atom is 0.416 e. The van der Waals surface area contributed by atoms with Crippen LogP contribution >= 0.6 is 0 Å². The van der Waals surface area contributed by atoms with Crippen LogP contribution in [0.1, 0.15) is 36.3 Å². The zero-order valence-electron chi connectivity index (χ0n) is 13.1. The molecule has 1 saturated carbocycles. The van der Waals surface area contributed by atoms with E-state index in [1.165, 1.54) is 10.7 Å². The number of benzene rings is 1. The highest BCUT2D eigenvalue weighted by Crippen LogP contribution is 2.42. The molecule has 2 atom stereocenters. The van der Waals surface area contributed by atoms with Crippen LogP contribution in [0.2, 0.25) is 0 Å². The third-order valence-electron chi connectivity index (χ3n) is 4.58. The van der Waals surface area contributed by atoms with Crippen molar-refractivity contribution in [2.45, 2.75) is 37.4 Å². The molecule has 0 bridgehead atoms. The smallest absolute Gasteiger partial charge is 0.365 e. The quantitative estimate of drug-likeness (QED) is 0.787. The van der Waals surface area contributed by atoms with Gasteiger partial charge in [-0.1, -0.05) is 24.6 Å². The summed E-state index contributed by atoms with van der Waals surface area (Å²) < 4.78 is 41.3. The molecule has 9 heteroatoms. The first-order valence-corrected chi connectivity index (χ1v) is 8.00. The van der Waals surface area contributed by atoms with Gasteiger partial charge in [0.25, 0.3) is 0 Å². The van der Waals surface area contributed by atoms with Gasteiger partial charge in [0.05, 0.1) is 5.56 Å². The lowest BCUT2D eigenvalue weighted by Crippen LogP contribution is -2.25. The highest BCUT2D eigenvalue weighted by Gasteiger charge is 2.38. The van der Waals surface area contributed by atoms with Gasteiger partial charge in [-0.05, 0) is 47.0 Å². The standard InChI is InChI=1S/C16H15F3N6/c17-16(18,19)12-6-2-1-4-10(12)11-5-3-7-13(11)20-14-8-9-15-21-23-24-25(15)22-14/h1-2,4,6,8-9,11,13H,3,5,7H2,(H,20,22). The van der Waals surface area contributed by atoms with Crippen molar-refractivity contribution in [3.8, 4) is 0 Å². The van der Waals surface area contributed by atoms with Crippen LogP contribution in [-0.4, -0.2) is 31.3 Å².